The molecule has 0 saturated heterocycles. The van der Waals surface area contributed by atoms with Crippen molar-refractivity contribution < 1.29 is 9.72 Å². The van der Waals surface area contributed by atoms with Crippen molar-refractivity contribution in [2.75, 3.05) is 13.1 Å². The van der Waals surface area contributed by atoms with Crippen molar-refractivity contribution in [1.82, 2.24) is 9.88 Å². The molecule has 0 atom stereocenters. The van der Waals surface area contributed by atoms with Crippen molar-refractivity contribution in [1.29, 1.82) is 10.5 Å². The first-order valence-corrected chi connectivity index (χ1v) is 5.22. The van der Waals surface area contributed by atoms with Crippen LogP contribution in [-0.2, 0) is 0 Å². The summed E-state index contributed by atoms with van der Waals surface area (Å²) in [5, 5.41) is 27.5. The number of amides is 1. The van der Waals surface area contributed by atoms with Crippen molar-refractivity contribution in [2.24, 2.45) is 0 Å². The summed E-state index contributed by atoms with van der Waals surface area (Å²) in [5.74, 6) is -0.760. The van der Waals surface area contributed by atoms with Crippen LogP contribution in [0.2, 0.25) is 5.15 Å². The van der Waals surface area contributed by atoms with Crippen LogP contribution in [0.5, 0.6) is 0 Å². The van der Waals surface area contributed by atoms with Crippen LogP contribution in [0.4, 0.5) is 5.69 Å². The van der Waals surface area contributed by atoms with Crippen molar-refractivity contribution in [3.05, 3.63) is 33.1 Å². The van der Waals surface area contributed by atoms with E-state index in [1.807, 2.05) is 0 Å². The summed E-state index contributed by atoms with van der Waals surface area (Å²) < 4.78 is 0. The summed E-state index contributed by atoms with van der Waals surface area (Å²) in [6.07, 6.45) is 0.915. The highest BCUT2D eigenvalue weighted by Crippen LogP contribution is 2.20. The Bertz CT molecular complexity index is 588. The number of halogens is 1. The van der Waals surface area contributed by atoms with E-state index in [4.69, 9.17) is 22.1 Å². The maximum Gasteiger partial charge on any atom is 0.288 e. The van der Waals surface area contributed by atoms with Crippen LogP contribution < -0.4 is 0 Å². The fourth-order valence-corrected chi connectivity index (χ4v) is 1.41. The van der Waals surface area contributed by atoms with Crippen LogP contribution in [-0.4, -0.2) is 33.8 Å². The third-order valence-electron chi connectivity index (χ3n) is 2.08. The van der Waals surface area contributed by atoms with E-state index in [0.29, 0.717) is 0 Å². The molecule has 1 aromatic heterocycles. The van der Waals surface area contributed by atoms with E-state index < -0.39 is 16.5 Å². The molecule has 8 nitrogen and oxygen atoms in total. The Morgan fingerprint density at radius 2 is 2.05 bits per heavy atom. The highest BCUT2D eigenvalue weighted by molar-refractivity contribution is 6.32. The molecule has 9 heteroatoms. The Morgan fingerprint density at radius 1 is 1.47 bits per heavy atom. The molecule has 0 bridgehead atoms. The van der Waals surface area contributed by atoms with Crippen molar-refractivity contribution in [2.45, 2.75) is 0 Å². The third-order valence-corrected chi connectivity index (χ3v) is 2.38. The summed E-state index contributed by atoms with van der Waals surface area (Å²) in [7, 11) is 0. The normalized spacial score (nSPS) is 9.21. The highest BCUT2D eigenvalue weighted by Gasteiger charge is 2.22. The molecule has 0 N–H and O–H groups in total. The third kappa shape index (κ3) is 3.37. The lowest BCUT2D eigenvalue weighted by molar-refractivity contribution is -0.385. The molecule has 1 amide bonds. The van der Waals surface area contributed by atoms with E-state index in [-0.39, 0.29) is 23.8 Å². The molecule has 96 valence electrons. The molecule has 0 aliphatic rings. The van der Waals surface area contributed by atoms with Gasteiger partial charge in [-0.2, -0.15) is 10.5 Å². The maximum atomic E-state index is 12.0. The second-order valence-electron chi connectivity index (χ2n) is 3.27. The van der Waals surface area contributed by atoms with Crippen molar-refractivity contribution in [3.8, 4) is 12.1 Å². The van der Waals surface area contributed by atoms with Gasteiger partial charge in [-0.05, 0) is 0 Å². The minimum Gasteiger partial charge on any atom is -0.312 e. The van der Waals surface area contributed by atoms with Gasteiger partial charge < -0.3 is 4.90 Å². The zero-order valence-corrected chi connectivity index (χ0v) is 10.2. The SMILES string of the molecule is N#CCN(CC#N)C(=O)c1cc([N+](=O)[O-])cnc1Cl. The molecule has 1 heterocycles. The van der Waals surface area contributed by atoms with Crippen LogP contribution in [0.1, 0.15) is 10.4 Å². The van der Waals surface area contributed by atoms with Crippen LogP contribution in [0.15, 0.2) is 12.3 Å². The van der Waals surface area contributed by atoms with Gasteiger partial charge in [0.25, 0.3) is 11.6 Å². The number of nitriles is 2. The number of nitrogens with zero attached hydrogens (tertiary/aromatic N) is 5. The van der Waals surface area contributed by atoms with Gasteiger partial charge in [-0.15, -0.1) is 0 Å². The van der Waals surface area contributed by atoms with Crippen molar-refractivity contribution in [3.63, 3.8) is 0 Å². The first kappa shape index (κ1) is 14.4. The number of nitro groups is 1. The van der Waals surface area contributed by atoms with Crippen LogP contribution >= 0.6 is 11.6 Å². The Labute approximate surface area is 112 Å². The fraction of sp³-hybridized carbons (Fsp3) is 0.200. The molecule has 0 spiro atoms. The quantitative estimate of drug-likeness (QED) is 0.352. The minimum absolute atomic E-state index is 0.221. The summed E-state index contributed by atoms with van der Waals surface area (Å²) in [6.45, 7) is -0.656. The van der Waals surface area contributed by atoms with Gasteiger partial charge in [0.15, 0.2) is 0 Å². The van der Waals surface area contributed by atoms with Gasteiger partial charge in [-0.25, -0.2) is 4.98 Å². The Morgan fingerprint density at radius 3 is 2.53 bits per heavy atom. The van der Waals surface area contributed by atoms with Crippen LogP contribution in [0.3, 0.4) is 0 Å². The lowest BCUT2D eigenvalue weighted by Gasteiger charge is -2.15. The molecule has 19 heavy (non-hydrogen) atoms. The van der Waals surface area contributed by atoms with Crippen LogP contribution in [0.25, 0.3) is 0 Å². The molecular formula is C10H6ClN5O3. The number of hydrogen-bond acceptors (Lipinski definition) is 6. The fourth-order valence-electron chi connectivity index (χ4n) is 1.23. The summed E-state index contributed by atoms with van der Waals surface area (Å²) in [5.41, 5.74) is -0.622. The largest absolute Gasteiger partial charge is 0.312 e. The van der Waals surface area contributed by atoms with Gasteiger partial charge in [-0.1, -0.05) is 11.6 Å². The first-order valence-electron chi connectivity index (χ1n) is 4.84. The van der Waals surface area contributed by atoms with E-state index in [1.54, 1.807) is 12.1 Å². The monoisotopic (exact) mass is 279 g/mol. The van der Waals surface area contributed by atoms with Crippen LogP contribution in [0, 0.1) is 32.8 Å². The molecule has 0 fully saturated rings. The summed E-state index contributed by atoms with van der Waals surface area (Å²) >= 11 is 5.69. The number of pyridine rings is 1. The molecule has 0 aromatic carbocycles. The molecular weight excluding hydrogens is 274 g/mol. The average Bonchev–Trinajstić information content (AvgIpc) is 2.38. The minimum atomic E-state index is -0.760. The van der Waals surface area contributed by atoms with Crippen molar-refractivity contribution >= 4 is 23.2 Å². The van der Waals surface area contributed by atoms with Gasteiger partial charge in [-0.3, -0.25) is 14.9 Å². The van der Waals surface area contributed by atoms with Gasteiger partial charge in [0.2, 0.25) is 0 Å². The molecule has 1 aromatic rings. The number of carbonyl (C=O) groups is 1. The number of aromatic nitrogens is 1. The second kappa shape index (κ2) is 6.28. The Kier molecular flexibility index (Phi) is 4.75. The average molecular weight is 280 g/mol. The Hall–Kier alpha value is -2.71. The van der Waals surface area contributed by atoms with E-state index >= 15 is 0 Å². The number of carbonyl (C=O) groups excluding carboxylic acids is 1. The van der Waals surface area contributed by atoms with Gasteiger partial charge in [0.05, 0.1) is 22.6 Å². The smallest absolute Gasteiger partial charge is 0.288 e. The molecule has 1 rings (SSSR count). The summed E-state index contributed by atoms with van der Waals surface area (Å²) in [6, 6.07) is 4.39. The summed E-state index contributed by atoms with van der Waals surface area (Å²) in [4.78, 5) is 26.3. The van der Waals surface area contributed by atoms with E-state index in [2.05, 4.69) is 4.98 Å². The highest BCUT2D eigenvalue weighted by atomic mass is 35.5. The van der Waals surface area contributed by atoms with Gasteiger partial charge >= 0.3 is 0 Å². The molecule has 0 radical (unpaired) electrons. The van der Waals surface area contributed by atoms with Gasteiger partial charge in [0.1, 0.15) is 24.4 Å². The standard InChI is InChI=1S/C10H6ClN5O3/c11-9-8(5-7(6-14-9)16(18)19)10(17)15(3-1-12)4-2-13/h5-6H,3-4H2. The van der Waals surface area contributed by atoms with E-state index in [9.17, 15) is 14.9 Å². The van der Waals surface area contributed by atoms with E-state index in [1.165, 1.54) is 0 Å². The molecule has 0 saturated carbocycles. The lowest BCUT2D eigenvalue weighted by Crippen LogP contribution is -2.32. The Balaban J connectivity index is 3.17. The first-order chi connectivity index (χ1) is 9.01. The number of rotatable bonds is 4. The molecule has 0 aliphatic carbocycles. The lowest BCUT2D eigenvalue weighted by atomic mass is 10.2. The predicted molar refractivity (Wildman–Crippen MR) is 63.0 cm³/mol. The number of hydrogen-bond donors (Lipinski definition) is 0. The zero-order chi connectivity index (χ0) is 14.4. The van der Waals surface area contributed by atoms with Gasteiger partial charge in [0, 0.05) is 6.07 Å². The predicted octanol–water partition coefficient (Wildman–Crippen LogP) is 1.13. The maximum absolute atomic E-state index is 12.0. The zero-order valence-electron chi connectivity index (χ0n) is 9.41. The second-order valence-corrected chi connectivity index (χ2v) is 3.62. The molecule has 0 aliphatic heterocycles. The van der Waals surface area contributed by atoms with E-state index in [0.717, 1.165) is 17.2 Å². The molecule has 0 unspecified atom stereocenters. The topological polar surface area (TPSA) is 124 Å².